The van der Waals surface area contributed by atoms with E-state index in [1.807, 2.05) is 49.5 Å². The van der Waals surface area contributed by atoms with E-state index in [9.17, 15) is 9.59 Å². The highest BCUT2D eigenvalue weighted by Gasteiger charge is 2.29. The number of nitrogens with zero attached hydrogens (tertiary/aromatic N) is 1. The van der Waals surface area contributed by atoms with Crippen molar-refractivity contribution in [3.63, 3.8) is 0 Å². The number of aryl methyl sites for hydroxylation is 2. The van der Waals surface area contributed by atoms with Gasteiger partial charge in [-0.1, -0.05) is 60.8 Å². The number of carbonyl (C=O) groups excluding carboxylic acids is 1. The fourth-order valence-electron chi connectivity index (χ4n) is 5.31. The van der Waals surface area contributed by atoms with Crippen LogP contribution in [-0.4, -0.2) is 28.1 Å². The summed E-state index contributed by atoms with van der Waals surface area (Å²) in [6.07, 6.45) is 3.99. The normalized spacial score (nSPS) is 12.9. The van der Waals surface area contributed by atoms with Crippen molar-refractivity contribution < 1.29 is 14.7 Å². The molecule has 7 heteroatoms. The van der Waals surface area contributed by atoms with Crippen LogP contribution in [-0.2, 0) is 11.8 Å². The molecule has 0 saturated carbocycles. The minimum atomic E-state index is -0.943. The maximum absolute atomic E-state index is 12.5. The third-order valence-corrected chi connectivity index (χ3v) is 7.54. The third kappa shape index (κ3) is 6.06. The monoisotopic (exact) mass is 550 g/mol. The van der Waals surface area contributed by atoms with Gasteiger partial charge in [-0.25, -0.2) is 0 Å². The molecule has 1 aromatic heterocycles. The standard InChI is InChI=1S/C31H32Cl2N2O3/c1-4-5-24(20-6-8-22(9-7-20)31(38)34-15-14-28(36)37)29(21-10-12-23(32)13-11-21)26-18-35(3)30-25(26)16-19(2)17-27(30)33/h6-13,16-18,24,29H,4-5,14-15H2,1-3H3,(H,34,38)(H,36,37). The van der Waals surface area contributed by atoms with Gasteiger partial charge in [0.1, 0.15) is 0 Å². The Morgan fingerprint density at radius 3 is 2.29 bits per heavy atom. The molecule has 0 saturated heterocycles. The number of rotatable bonds is 10. The lowest BCUT2D eigenvalue weighted by Gasteiger charge is -2.28. The first kappa shape index (κ1) is 27.7. The van der Waals surface area contributed by atoms with Gasteiger partial charge in [0, 0.05) is 41.7 Å². The molecule has 4 aromatic rings. The first-order valence-corrected chi connectivity index (χ1v) is 13.6. The number of hydrogen-bond donors (Lipinski definition) is 2. The fraction of sp³-hybridized carbons (Fsp3) is 0.290. The number of carboxylic acids is 1. The molecule has 0 fully saturated rings. The summed E-state index contributed by atoms with van der Waals surface area (Å²) in [5, 5.41) is 14.1. The summed E-state index contributed by atoms with van der Waals surface area (Å²) < 4.78 is 2.10. The number of carboxylic acid groups (broad SMARTS) is 1. The van der Waals surface area contributed by atoms with Crippen LogP contribution >= 0.6 is 23.2 Å². The van der Waals surface area contributed by atoms with Crippen LogP contribution in [0, 0.1) is 6.92 Å². The van der Waals surface area contributed by atoms with Gasteiger partial charge in [0.2, 0.25) is 0 Å². The van der Waals surface area contributed by atoms with Crippen molar-refractivity contribution in [3.8, 4) is 0 Å². The van der Waals surface area contributed by atoms with Crippen LogP contribution in [0.5, 0.6) is 0 Å². The van der Waals surface area contributed by atoms with Crippen molar-refractivity contribution in [2.24, 2.45) is 7.05 Å². The quantitative estimate of drug-likeness (QED) is 0.212. The number of fused-ring (bicyclic) bond motifs is 1. The molecule has 38 heavy (non-hydrogen) atoms. The van der Waals surface area contributed by atoms with Crippen LogP contribution in [0.25, 0.3) is 10.9 Å². The molecule has 0 aliphatic rings. The summed E-state index contributed by atoms with van der Waals surface area (Å²) in [7, 11) is 2.03. The van der Waals surface area contributed by atoms with E-state index in [0.717, 1.165) is 45.5 Å². The molecule has 2 atom stereocenters. The van der Waals surface area contributed by atoms with Crippen LogP contribution in [0.4, 0.5) is 0 Å². The topological polar surface area (TPSA) is 71.3 Å². The summed E-state index contributed by atoms with van der Waals surface area (Å²) in [5.74, 6) is -1.06. The fourth-order valence-corrected chi connectivity index (χ4v) is 5.84. The Labute approximate surface area is 233 Å². The Bertz CT molecular complexity index is 1440. The lowest BCUT2D eigenvalue weighted by atomic mass is 9.75. The van der Waals surface area contributed by atoms with Crippen molar-refractivity contribution in [2.75, 3.05) is 6.54 Å². The van der Waals surface area contributed by atoms with E-state index in [1.54, 1.807) is 0 Å². The van der Waals surface area contributed by atoms with E-state index in [0.29, 0.717) is 10.6 Å². The molecule has 0 bridgehead atoms. The van der Waals surface area contributed by atoms with Gasteiger partial charge in [-0.3, -0.25) is 9.59 Å². The van der Waals surface area contributed by atoms with Gasteiger partial charge in [0.05, 0.1) is 17.0 Å². The van der Waals surface area contributed by atoms with Gasteiger partial charge in [0.25, 0.3) is 5.91 Å². The van der Waals surface area contributed by atoms with E-state index < -0.39 is 5.97 Å². The molecule has 0 spiro atoms. The van der Waals surface area contributed by atoms with Gasteiger partial charge in [-0.2, -0.15) is 0 Å². The highest BCUT2D eigenvalue weighted by Crippen LogP contribution is 2.45. The van der Waals surface area contributed by atoms with Crippen LogP contribution in [0.2, 0.25) is 10.0 Å². The second-order valence-electron chi connectivity index (χ2n) is 9.78. The zero-order valence-corrected chi connectivity index (χ0v) is 23.3. The molecule has 198 valence electrons. The largest absolute Gasteiger partial charge is 0.481 e. The Morgan fingerprint density at radius 2 is 1.66 bits per heavy atom. The Morgan fingerprint density at radius 1 is 1.00 bits per heavy atom. The van der Waals surface area contributed by atoms with Crippen molar-refractivity contribution >= 4 is 46.0 Å². The average molecular weight is 552 g/mol. The second kappa shape index (κ2) is 12.1. The molecule has 0 aliphatic carbocycles. The van der Waals surface area contributed by atoms with Gasteiger partial charge in [-0.15, -0.1) is 0 Å². The smallest absolute Gasteiger partial charge is 0.305 e. The molecule has 1 heterocycles. The van der Waals surface area contributed by atoms with Crippen LogP contribution in [0.3, 0.4) is 0 Å². The number of carbonyl (C=O) groups is 2. The van der Waals surface area contributed by atoms with Crippen molar-refractivity contribution in [3.05, 3.63) is 105 Å². The molecule has 3 aromatic carbocycles. The SMILES string of the molecule is CCCC(c1ccc(C(=O)NCCC(=O)O)cc1)C(c1ccc(Cl)cc1)c1cn(C)c2c(Cl)cc(C)cc12. The van der Waals surface area contributed by atoms with E-state index in [-0.39, 0.29) is 30.7 Å². The molecule has 4 rings (SSSR count). The lowest BCUT2D eigenvalue weighted by Crippen LogP contribution is -2.26. The third-order valence-electron chi connectivity index (χ3n) is 7.00. The summed E-state index contributed by atoms with van der Waals surface area (Å²) in [4.78, 5) is 23.3. The maximum atomic E-state index is 12.5. The molecule has 5 nitrogen and oxygen atoms in total. The number of benzene rings is 3. The Kier molecular flexibility index (Phi) is 8.80. The van der Waals surface area contributed by atoms with Gasteiger partial charge >= 0.3 is 5.97 Å². The van der Waals surface area contributed by atoms with Crippen LogP contribution < -0.4 is 5.32 Å². The zero-order valence-electron chi connectivity index (χ0n) is 21.8. The van der Waals surface area contributed by atoms with Crippen molar-refractivity contribution in [1.29, 1.82) is 0 Å². The van der Waals surface area contributed by atoms with Crippen LogP contribution in [0.15, 0.2) is 66.9 Å². The van der Waals surface area contributed by atoms with E-state index >= 15 is 0 Å². The average Bonchev–Trinajstić information content (AvgIpc) is 3.20. The highest BCUT2D eigenvalue weighted by atomic mass is 35.5. The summed E-state index contributed by atoms with van der Waals surface area (Å²) >= 11 is 13.0. The first-order chi connectivity index (χ1) is 18.2. The van der Waals surface area contributed by atoms with Crippen LogP contribution in [0.1, 0.15) is 70.6 Å². The van der Waals surface area contributed by atoms with E-state index in [1.165, 1.54) is 5.56 Å². The van der Waals surface area contributed by atoms with E-state index in [2.05, 4.69) is 48.1 Å². The molecule has 0 aliphatic heterocycles. The minimum Gasteiger partial charge on any atom is -0.481 e. The van der Waals surface area contributed by atoms with Crippen molar-refractivity contribution in [1.82, 2.24) is 9.88 Å². The number of nitrogens with one attached hydrogen (secondary N) is 1. The molecule has 2 N–H and O–H groups in total. The summed E-state index contributed by atoms with van der Waals surface area (Å²) in [5.41, 5.74) is 6.11. The molecule has 1 amide bonds. The van der Waals surface area contributed by atoms with Crippen molar-refractivity contribution in [2.45, 2.75) is 44.9 Å². The summed E-state index contributed by atoms with van der Waals surface area (Å²) in [6, 6.07) is 19.9. The first-order valence-electron chi connectivity index (χ1n) is 12.8. The van der Waals surface area contributed by atoms with E-state index in [4.69, 9.17) is 28.3 Å². The Balaban J connectivity index is 1.79. The number of halogens is 2. The van der Waals surface area contributed by atoms with Gasteiger partial charge in [-0.05, 0) is 77.9 Å². The highest BCUT2D eigenvalue weighted by molar-refractivity contribution is 6.35. The van der Waals surface area contributed by atoms with Gasteiger partial charge in [0.15, 0.2) is 0 Å². The zero-order chi connectivity index (χ0) is 27.4. The number of aliphatic carboxylic acids is 1. The number of aromatic nitrogens is 1. The molecular weight excluding hydrogens is 519 g/mol. The summed E-state index contributed by atoms with van der Waals surface area (Å²) in [6.45, 7) is 4.33. The Hall–Kier alpha value is -3.28. The number of hydrogen-bond acceptors (Lipinski definition) is 2. The maximum Gasteiger partial charge on any atom is 0.305 e. The predicted octanol–water partition coefficient (Wildman–Crippen LogP) is 7.71. The minimum absolute atomic E-state index is 0.0315. The second-order valence-corrected chi connectivity index (χ2v) is 10.6. The molecule has 2 unspecified atom stereocenters. The predicted molar refractivity (Wildman–Crippen MR) is 155 cm³/mol. The molecular formula is C31H32Cl2N2O3. The molecule has 0 radical (unpaired) electrons. The van der Waals surface area contributed by atoms with Gasteiger partial charge < -0.3 is 15.0 Å². The lowest BCUT2D eigenvalue weighted by molar-refractivity contribution is -0.136. The number of amides is 1.